The van der Waals surface area contributed by atoms with Gasteiger partial charge in [0.25, 0.3) is 0 Å². The summed E-state index contributed by atoms with van der Waals surface area (Å²) in [6.45, 7) is 0. The zero-order valence-corrected chi connectivity index (χ0v) is 12.8. The van der Waals surface area contributed by atoms with Crippen molar-refractivity contribution in [2.75, 3.05) is 7.05 Å². The lowest BCUT2D eigenvalue weighted by Gasteiger charge is -2.15. The highest BCUT2D eigenvalue weighted by molar-refractivity contribution is 9.10. The third-order valence-electron chi connectivity index (χ3n) is 3.01. The Balaban J connectivity index is 1.88. The first kappa shape index (κ1) is 13.7. The lowest BCUT2D eigenvalue weighted by atomic mass is 10.1. The van der Waals surface area contributed by atoms with Gasteiger partial charge in [0.2, 0.25) is 0 Å². The quantitative estimate of drug-likeness (QED) is 0.876. The third-order valence-corrected chi connectivity index (χ3v) is 4.95. The summed E-state index contributed by atoms with van der Waals surface area (Å²) < 4.78 is 1.23. The van der Waals surface area contributed by atoms with Gasteiger partial charge in [-0.25, -0.2) is 0 Å². The fourth-order valence-electron chi connectivity index (χ4n) is 1.91. The highest BCUT2D eigenvalue weighted by Crippen LogP contribution is 2.24. The Kier molecular flexibility index (Phi) is 5.35. The molecule has 0 saturated carbocycles. The van der Waals surface area contributed by atoms with E-state index in [4.69, 9.17) is 0 Å². The fraction of sp³-hybridized carbons (Fsp3) is 0.357. The van der Waals surface area contributed by atoms with Crippen LogP contribution >= 0.6 is 27.3 Å². The minimum absolute atomic E-state index is 0.502. The molecule has 1 atom stereocenters. The first-order valence-electron chi connectivity index (χ1n) is 6.08. The summed E-state index contributed by atoms with van der Waals surface area (Å²) in [5.74, 6) is 0. The molecule has 96 valence electrons. The van der Waals surface area contributed by atoms with Gasteiger partial charge in [0.05, 0.1) is 0 Å². The van der Waals surface area contributed by atoms with Gasteiger partial charge in [-0.15, -0.1) is 11.3 Å². The number of thiophene rings is 1. The van der Waals surface area contributed by atoms with E-state index in [0.29, 0.717) is 6.04 Å². The van der Waals surface area contributed by atoms with E-state index in [1.54, 1.807) is 0 Å². The molecule has 18 heavy (non-hydrogen) atoms. The Morgan fingerprint density at radius 3 is 2.89 bits per heavy atom. The summed E-state index contributed by atoms with van der Waals surface area (Å²) in [4.78, 5) is 5.78. The van der Waals surface area contributed by atoms with Crippen LogP contribution < -0.4 is 5.32 Å². The predicted molar refractivity (Wildman–Crippen MR) is 81.1 cm³/mol. The van der Waals surface area contributed by atoms with Crippen LogP contribution in [0, 0.1) is 0 Å². The van der Waals surface area contributed by atoms with Gasteiger partial charge in [-0.3, -0.25) is 4.98 Å². The zero-order chi connectivity index (χ0) is 12.8. The number of pyridine rings is 1. The number of hydrogen-bond acceptors (Lipinski definition) is 3. The molecule has 0 bridgehead atoms. The van der Waals surface area contributed by atoms with Crippen LogP contribution in [0.15, 0.2) is 40.3 Å². The molecule has 0 amide bonds. The van der Waals surface area contributed by atoms with Crippen LogP contribution in [0.5, 0.6) is 0 Å². The summed E-state index contributed by atoms with van der Waals surface area (Å²) in [6.07, 6.45) is 5.06. The van der Waals surface area contributed by atoms with Crippen molar-refractivity contribution in [3.05, 3.63) is 50.9 Å². The fourth-order valence-corrected chi connectivity index (χ4v) is 3.51. The molecule has 4 heteroatoms. The molecule has 0 fully saturated rings. The number of hydrogen-bond donors (Lipinski definition) is 1. The van der Waals surface area contributed by atoms with E-state index in [-0.39, 0.29) is 0 Å². The predicted octanol–water partition coefficient (Wildman–Crippen LogP) is 3.67. The van der Waals surface area contributed by atoms with Crippen molar-refractivity contribution >= 4 is 27.3 Å². The molecule has 0 radical (unpaired) electrons. The molecule has 0 aliphatic heterocycles. The van der Waals surface area contributed by atoms with Crippen molar-refractivity contribution in [2.45, 2.75) is 25.3 Å². The molecule has 1 N–H and O–H groups in total. The van der Waals surface area contributed by atoms with Gasteiger partial charge in [0.1, 0.15) is 0 Å². The molecule has 0 aliphatic carbocycles. The summed E-state index contributed by atoms with van der Waals surface area (Å²) in [5, 5.41) is 5.53. The van der Waals surface area contributed by atoms with Gasteiger partial charge in [-0.05, 0) is 65.8 Å². The van der Waals surface area contributed by atoms with E-state index < -0.39 is 0 Å². The van der Waals surface area contributed by atoms with E-state index in [1.807, 2.05) is 36.7 Å². The second-order valence-corrected chi connectivity index (χ2v) is 6.10. The van der Waals surface area contributed by atoms with E-state index in [9.17, 15) is 0 Å². The van der Waals surface area contributed by atoms with Crippen molar-refractivity contribution < 1.29 is 0 Å². The smallest absolute Gasteiger partial charge is 0.0404 e. The number of rotatable bonds is 6. The Morgan fingerprint density at radius 1 is 1.39 bits per heavy atom. The average molecular weight is 325 g/mol. The van der Waals surface area contributed by atoms with Crippen molar-refractivity contribution in [2.24, 2.45) is 0 Å². The van der Waals surface area contributed by atoms with E-state index in [2.05, 4.69) is 43.7 Å². The maximum atomic E-state index is 4.37. The van der Waals surface area contributed by atoms with Crippen LogP contribution in [0.2, 0.25) is 0 Å². The van der Waals surface area contributed by atoms with Crippen molar-refractivity contribution in [1.82, 2.24) is 10.3 Å². The van der Waals surface area contributed by atoms with Gasteiger partial charge in [0, 0.05) is 27.3 Å². The standard InChI is InChI=1S/C14H17BrN2S/c1-16-12(10-14-13(15)7-9-18-14)6-5-11-4-2-3-8-17-11/h2-4,7-9,12,16H,5-6,10H2,1H3. The lowest BCUT2D eigenvalue weighted by Crippen LogP contribution is -2.28. The average Bonchev–Trinajstić information content (AvgIpc) is 2.81. The first-order valence-corrected chi connectivity index (χ1v) is 7.76. The largest absolute Gasteiger partial charge is 0.317 e. The molecule has 0 saturated heterocycles. The monoisotopic (exact) mass is 324 g/mol. The van der Waals surface area contributed by atoms with Crippen LogP contribution in [0.1, 0.15) is 17.0 Å². The summed E-state index contributed by atoms with van der Waals surface area (Å²) in [5.41, 5.74) is 1.17. The Bertz CT molecular complexity index is 470. The van der Waals surface area contributed by atoms with Crippen LogP contribution in [0.4, 0.5) is 0 Å². The molecule has 1 unspecified atom stereocenters. The Hall–Kier alpha value is -0.710. The highest BCUT2D eigenvalue weighted by atomic mass is 79.9. The number of nitrogens with one attached hydrogen (secondary N) is 1. The Morgan fingerprint density at radius 2 is 2.28 bits per heavy atom. The maximum absolute atomic E-state index is 4.37. The van der Waals surface area contributed by atoms with Gasteiger partial charge >= 0.3 is 0 Å². The van der Waals surface area contributed by atoms with E-state index in [0.717, 1.165) is 19.3 Å². The number of aryl methyl sites for hydroxylation is 1. The molecule has 0 aliphatic rings. The first-order chi connectivity index (χ1) is 8.79. The molecule has 2 nitrogen and oxygen atoms in total. The Labute approximate surface area is 121 Å². The third kappa shape index (κ3) is 3.90. The molecule has 0 aromatic carbocycles. The van der Waals surface area contributed by atoms with Gasteiger partial charge in [-0.2, -0.15) is 0 Å². The van der Waals surface area contributed by atoms with Crippen molar-refractivity contribution in [3.63, 3.8) is 0 Å². The second-order valence-electron chi connectivity index (χ2n) is 4.24. The summed E-state index contributed by atoms with van der Waals surface area (Å²) in [6, 6.07) is 8.72. The second kappa shape index (κ2) is 7.02. The molecule has 2 rings (SSSR count). The summed E-state index contributed by atoms with van der Waals surface area (Å²) in [7, 11) is 2.03. The highest BCUT2D eigenvalue weighted by Gasteiger charge is 2.11. The minimum Gasteiger partial charge on any atom is -0.317 e. The molecular weight excluding hydrogens is 308 g/mol. The molecular formula is C14H17BrN2S. The SMILES string of the molecule is CNC(CCc1ccccn1)Cc1sccc1Br. The molecule has 2 aromatic heterocycles. The van der Waals surface area contributed by atoms with Crippen LogP contribution in [-0.4, -0.2) is 18.1 Å². The lowest BCUT2D eigenvalue weighted by molar-refractivity contribution is 0.520. The van der Waals surface area contributed by atoms with Crippen molar-refractivity contribution in [3.8, 4) is 0 Å². The number of aromatic nitrogens is 1. The zero-order valence-electron chi connectivity index (χ0n) is 10.4. The van der Waals surface area contributed by atoms with Gasteiger partial charge in [0.15, 0.2) is 0 Å². The van der Waals surface area contributed by atoms with Gasteiger partial charge < -0.3 is 5.32 Å². The molecule has 2 heterocycles. The van der Waals surface area contributed by atoms with Gasteiger partial charge in [-0.1, -0.05) is 6.07 Å². The van der Waals surface area contributed by atoms with Crippen molar-refractivity contribution in [1.29, 1.82) is 0 Å². The van der Waals surface area contributed by atoms with Crippen LogP contribution in [0.3, 0.4) is 0 Å². The number of nitrogens with zero attached hydrogens (tertiary/aromatic N) is 1. The topological polar surface area (TPSA) is 24.9 Å². The van der Waals surface area contributed by atoms with Crippen LogP contribution in [0.25, 0.3) is 0 Å². The summed E-state index contributed by atoms with van der Waals surface area (Å²) >= 11 is 5.40. The van der Waals surface area contributed by atoms with E-state index in [1.165, 1.54) is 15.0 Å². The molecule has 2 aromatic rings. The van der Waals surface area contributed by atoms with E-state index >= 15 is 0 Å². The maximum Gasteiger partial charge on any atom is 0.0404 e. The number of halogens is 1. The number of likely N-dealkylation sites (N-methyl/N-ethyl adjacent to an activating group) is 1. The minimum atomic E-state index is 0.502. The van der Waals surface area contributed by atoms with Crippen LogP contribution in [-0.2, 0) is 12.8 Å². The normalized spacial score (nSPS) is 12.6. The molecule has 0 spiro atoms.